The van der Waals surface area contributed by atoms with Crippen molar-refractivity contribution in [3.8, 4) is 0 Å². The Morgan fingerprint density at radius 1 is 1.24 bits per heavy atom. The second kappa shape index (κ2) is 6.51. The fourth-order valence-corrected chi connectivity index (χ4v) is 2.65. The highest BCUT2D eigenvalue weighted by molar-refractivity contribution is 5.92. The van der Waals surface area contributed by atoms with Gasteiger partial charge in [-0.1, -0.05) is 20.8 Å². The Balaban J connectivity index is 1.68. The lowest BCUT2D eigenvalue weighted by Crippen LogP contribution is -2.19. The number of hydrogen-bond acceptors (Lipinski definition) is 5. The van der Waals surface area contributed by atoms with Crippen LogP contribution < -0.4 is 11.1 Å². The summed E-state index contributed by atoms with van der Waals surface area (Å²) in [5.74, 6) is -0.654. The van der Waals surface area contributed by atoms with Gasteiger partial charge in [-0.2, -0.15) is 0 Å². The van der Waals surface area contributed by atoms with Gasteiger partial charge in [0.05, 0.1) is 16.9 Å². The van der Waals surface area contributed by atoms with Crippen LogP contribution in [0.25, 0.3) is 11.1 Å². The number of rotatable bonds is 4. The zero-order valence-corrected chi connectivity index (χ0v) is 14.4. The summed E-state index contributed by atoms with van der Waals surface area (Å²) in [5.41, 5.74) is 3.19. The fourth-order valence-electron chi connectivity index (χ4n) is 2.65. The molecule has 0 aliphatic heterocycles. The van der Waals surface area contributed by atoms with E-state index in [-0.39, 0.29) is 17.7 Å². The van der Waals surface area contributed by atoms with Gasteiger partial charge in [-0.25, -0.2) is 4.79 Å². The first kappa shape index (κ1) is 16.9. The zero-order valence-electron chi connectivity index (χ0n) is 14.4. The van der Waals surface area contributed by atoms with Gasteiger partial charge in [-0.15, -0.1) is 0 Å². The predicted molar refractivity (Wildman–Crippen MR) is 94.5 cm³/mol. The first-order valence-corrected chi connectivity index (χ1v) is 8.06. The molecule has 0 aliphatic rings. The third kappa shape index (κ3) is 3.93. The Morgan fingerprint density at radius 2 is 2.00 bits per heavy atom. The van der Waals surface area contributed by atoms with E-state index < -0.39 is 5.76 Å². The molecule has 1 amide bonds. The van der Waals surface area contributed by atoms with Crippen LogP contribution in [-0.2, 0) is 16.6 Å². The number of aromatic amines is 1. The summed E-state index contributed by atoms with van der Waals surface area (Å²) in [6.45, 7) is 6.21. The van der Waals surface area contributed by atoms with E-state index in [1.54, 1.807) is 30.6 Å². The molecular formula is C18H20N4O3. The van der Waals surface area contributed by atoms with Gasteiger partial charge in [-0.3, -0.25) is 19.7 Å². The van der Waals surface area contributed by atoms with Crippen LogP contribution >= 0.6 is 0 Å². The van der Waals surface area contributed by atoms with E-state index in [2.05, 4.69) is 41.0 Å². The van der Waals surface area contributed by atoms with Crippen molar-refractivity contribution in [1.82, 2.24) is 15.0 Å². The van der Waals surface area contributed by atoms with Crippen molar-refractivity contribution in [2.75, 3.05) is 5.32 Å². The third-order valence-corrected chi connectivity index (χ3v) is 3.78. The number of benzene rings is 1. The van der Waals surface area contributed by atoms with Crippen LogP contribution in [0.5, 0.6) is 0 Å². The maximum absolute atomic E-state index is 12.2. The zero-order chi connectivity index (χ0) is 18.0. The quantitative estimate of drug-likeness (QED) is 0.760. The SMILES string of the molecule is CC(C)(C)c1nccnc1CCC(=O)Nc1ccc2[nH]c(=O)oc2c1. The molecule has 7 nitrogen and oxygen atoms in total. The van der Waals surface area contributed by atoms with Crippen molar-refractivity contribution >= 4 is 22.7 Å². The predicted octanol–water partition coefficient (Wildman–Crippen LogP) is 2.78. The van der Waals surface area contributed by atoms with Crippen molar-refractivity contribution in [1.29, 1.82) is 0 Å². The number of nitrogens with zero attached hydrogens (tertiary/aromatic N) is 2. The number of hydrogen-bond donors (Lipinski definition) is 2. The molecular weight excluding hydrogens is 320 g/mol. The molecule has 2 heterocycles. The number of carbonyl (C=O) groups is 1. The van der Waals surface area contributed by atoms with E-state index >= 15 is 0 Å². The standard InChI is InChI=1S/C18H20N4O3/c1-18(2,3)16-13(19-8-9-20-16)6-7-15(23)21-11-4-5-12-14(10-11)25-17(24)22-12/h4-5,8-10H,6-7H2,1-3H3,(H,21,23)(H,22,24). The van der Waals surface area contributed by atoms with Crippen LogP contribution in [0.1, 0.15) is 38.6 Å². The second-order valence-corrected chi connectivity index (χ2v) is 6.88. The summed E-state index contributed by atoms with van der Waals surface area (Å²) >= 11 is 0. The van der Waals surface area contributed by atoms with E-state index in [1.165, 1.54) is 0 Å². The minimum atomic E-state index is -0.518. The van der Waals surface area contributed by atoms with Crippen LogP contribution in [-0.4, -0.2) is 20.9 Å². The molecule has 2 N–H and O–H groups in total. The smallest absolute Gasteiger partial charge is 0.408 e. The van der Waals surface area contributed by atoms with Gasteiger partial charge in [0.1, 0.15) is 0 Å². The van der Waals surface area contributed by atoms with Gasteiger partial charge in [0.15, 0.2) is 5.58 Å². The van der Waals surface area contributed by atoms with Gasteiger partial charge in [-0.05, 0) is 12.1 Å². The molecule has 0 saturated heterocycles. The number of aromatic nitrogens is 3. The number of oxazole rings is 1. The minimum Gasteiger partial charge on any atom is -0.408 e. The van der Waals surface area contributed by atoms with Crippen LogP contribution in [0.2, 0.25) is 0 Å². The summed E-state index contributed by atoms with van der Waals surface area (Å²) < 4.78 is 4.99. The molecule has 7 heteroatoms. The van der Waals surface area contributed by atoms with Crippen molar-refractivity contribution in [2.45, 2.75) is 39.0 Å². The van der Waals surface area contributed by atoms with E-state index in [4.69, 9.17) is 4.42 Å². The highest BCUT2D eigenvalue weighted by Gasteiger charge is 2.20. The molecule has 0 unspecified atom stereocenters. The molecule has 0 bridgehead atoms. The lowest BCUT2D eigenvalue weighted by atomic mass is 9.89. The Kier molecular flexibility index (Phi) is 4.39. The van der Waals surface area contributed by atoms with Gasteiger partial charge in [0.25, 0.3) is 0 Å². The lowest BCUT2D eigenvalue weighted by Gasteiger charge is -2.20. The first-order chi connectivity index (χ1) is 11.8. The van der Waals surface area contributed by atoms with Gasteiger partial charge in [0, 0.05) is 42.4 Å². The number of H-pyrrole nitrogens is 1. The number of aryl methyl sites for hydroxylation is 1. The van der Waals surface area contributed by atoms with Gasteiger partial charge in [0.2, 0.25) is 5.91 Å². The maximum atomic E-state index is 12.2. The molecule has 130 valence electrons. The lowest BCUT2D eigenvalue weighted by molar-refractivity contribution is -0.116. The second-order valence-electron chi connectivity index (χ2n) is 6.88. The molecule has 0 saturated carbocycles. The number of carbonyl (C=O) groups excluding carboxylic acids is 1. The molecule has 3 aromatic rings. The van der Waals surface area contributed by atoms with Crippen molar-refractivity contribution < 1.29 is 9.21 Å². The van der Waals surface area contributed by atoms with E-state index in [1.807, 2.05) is 0 Å². The number of amides is 1. The number of anilines is 1. The van der Waals surface area contributed by atoms with E-state index in [0.29, 0.717) is 23.2 Å². The molecule has 1 aromatic carbocycles. The molecule has 25 heavy (non-hydrogen) atoms. The summed E-state index contributed by atoms with van der Waals surface area (Å²) in [4.78, 5) is 34.7. The summed E-state index contributed by atoms with van der Waals surface area (Å²) in [7, 11) is 0. The fraction of sp³-hybridized carbons (Fsp3) is 0.333. The molecule has 0 aliphatic carbocycles. The maximum Gasteiger partial charge on any atom is 0.417 e. The molecule has 0 fully saturated rings. The summed E-state index contributed by atoms with van der Waals surface area (Å²) in [6.07, 6.45) is 4.11. The van der Waals surface area contributed by atoms with E-state index in [9.17, 15) is 9.59 Å². The summed E-state index contributed by atoms with van der Waals surface area (Å²) in [6, 6.07) is 5.03. The molecule has 0 spiro atoms. The van der Waals surface area contributed by atoms with Crippen LogP contribution in [0, 0.1) is 0 Å². The Hall–Kier alpha value is -2.96. The highest BCUT2D eigenvalue weighted by atomic mass is 16.4. The number of nitrogens with one attached hydrogen (secondary N) is 2. The summed E-state index contributed by atoms with van der Waals surface area (Å²) in [5, 5.41) is 2.81. The number of fused-ring (bicyclic) bond motifs is 1. The molecule has 3 rings (SSSR count). The Labute approximate surface area is 144 Å². The Bertz CT molecular complexity index is 966. The average molecular weight is 340 g/mol. The Morgan fingerprint density at radius 3 is 2.76 bits per heavy atom. The van der Waals surface area contributed by atoms with Crippen LogP contribution in [0.15, 0.2) is 39.8 Å². The highest BCUT2D eigenvalue weighted by Crippen LogP contribution is 2.23. The monoisotopic (exact) mass is 340 g/mol. The molecule has 0 atom stereocenters. The van der Waals surface area contributed by atoms with E-state index in [0.717, 1.165) is 11.4 Å². The first-order valence-electron chi connectivity index (χ1n) is 8.06. The van der Waals surface area contributed by atoms with Crippen molar-refractivity contribution in [2.24, 2.45) is 0 Å². The third-order valence-electron chi connectivity index (χ3n) is 3.78. The van der Waals surface area contributed by atoms with Crippen LogP contribution in [0.3, 0.4) is 0 Å². The van der Waals surface area contributed by atoms with Gasteiger partial charge < -0.3 is 9.73 Å². The largest absolute Gasteiger partial charge is 0.417 e. The van der Waals surface area contributed by atoms with Crippen molar-refractivity contribution in [3.05, 3.63) is 52.5 Å². The minimum absolute atomic E-state index is 0.128. The molecule has 2 aromatic heterocycles. The van der Waals surface area contributed by atoms with Crippen LogP contribution in [0.4, 0.5) is 5.69 Å². The molecule has 0 radical (unpaired) electrons. The average Bonchev–Trinajstić information content (AvgIpc) is 2.91. The van der Waals surface area contributed by atoms with Crippen molar-refractivity contribution in [3.63, 3.8) is 0 Å². The van der Waals surface area contributed by atoms with Gasteiger partial charge >= 0.3 is 5.76 Å². The normalized spacial score (nSPS) is 11.6. The topological polar surface area (TPSA) is 101 Å².